The predicted octanol–water partition coefficient (Wildman–Crippen LogP) is 4.80. The number of carbonyl (C=O) groups is 3. The fourth-order valence-corrected chi connectivity index (χ4v) is 6.04. The molecule has 3 heterocycles. The number of hydrogen-bond donors (Lipinski definition) is 1. The third kappa shape index (κ3) is 6.37. The first-order valence-corrected chi connectivity index (χ1v) is 15.2. The van der Waals surface area contributed by atoms with Gasteiger partial charge in [-0.25, -0.2) is 10.3 Å². The van der Waals surface area contributed by atoms with Gasteiger partial charge in [-0.05, 0) is 61.9 Å². The van der Waals surface area contributed by atoms with E-state index in [1.54, 1.807) is 21.9 Å². The topological polar surface area (TPSA) is 93.1 Å². The molecule has 2 aromatic carbocycles. The Labute approximate surface area is 247 Å². The van der Waals surface area contributed by atoms with Gasteiger partial charge in [-0.3, -0.25) is 14.4 Å². The Morgan fingerprint density at radius 1 is 1.02 bits per heavy atom. The summed E-state index contributed by atoms with van der Waals surface area (Å²) < 4.78 is 7.79. The van der Waals surface area contributed by atoms with E-state index in [0.29, 0.717) is 31.8 Å². The van der Waals surface area contributed by atoms with Gasteiger partial charge in [0.1, 0.15) is 6.04 Å². The van der Waals surface area contributed by atoms with Crippen LogP contribution in [0.25, 0.3) is 10.9 Å². The zero-order chi connectivity index (χ0) is 29.6. The minimum atomic E-state index is -0.516. The van der Waals surface area contributed by atoms with E-state index in [1.807, 2.05) is 38.1 Å². The maximum absolute atomic E-state index is 13.3. The summed E-state index contributed by atoms with van der Waals surface area (Å²) in [7, 11) is 0. The fraction of sp³-hybridized carbons (Fsp3) is 0.485. The smallest absolute Gasteiger partial charge is 0.274 e. The van der Waals surface area contributed by atoms with E-state index in [2.05, 4.69) is 29.1 Å². The number of hydroxylamine groups is 1. The summed E-state index contributed by atoms with van der Waals surface area (Å²) in [5.74, 6) is -0.331. The van der Waals surface area contributed by atoms with Crippen LogP contribution in [0.5, 0.6) is 0 Å². The molecule has 9 nitrogen and oxygen atoms in total. The molecule has 3 amide bonds. The molecule has 2 fully saturated rings. The van der Waals surface area contributed by atoms with Crippen molar-refractivity contribution in [3.63, 3.8) is 0 Å². The fourth-order valence-electron chi connectivity index (χ4n) is 6.04. The highest BCUT2D eigenvalue weighted by Crippen LogP contribution is 2.31. The molecule has 5 rings (SSSR count). The van der Waals surface area contributed by atoms with E-state index < -0.39 is 12.3 Å². The minimum Gasteiger partial charge on any atom is -0.350 e. The monoisotopic (exact) mass is 574 g/mol. The predicted molar refractivity (Wildman–Crippen MR) is 161 cm³/mol. The van der Waals surface area contributed by atoms with Crippen molar-refractivity contribution in [2.75, 3.05) is 19.7 Å². The molecule has 2 unspecified atom stereocenters. The first kappa shape index (κ1) is 29.8. The molecule has 3 aromatic rings. The van der Waals surface area contributed by atoms with Gasteiger partial charge in [-0.15, -0.1) is 0 Å². The highest BCUT2D eigenvalue weighted by molar-refractivity contribution is 5.95. The number of para-hydroxylation sites is 1. The summed E-state index contributed by atoms with van der Waals surface area (Å²) in [4.78, 5) is 48.0. The molecule has 9 heteroatoms. The van der Waals surface area contributed by atoms with Gasteiger partial charge < -0.3 is 19.1 Å². The number of aromatic nitrogens is 1. The van der Waals surface area contributed by atoms with Crippen molar-refractivity contribution in [1.82, 2.24) is 19.8 Å². The van der Waals surface area contributed by atoms with Gasteiger partial charge >= 0.3 is 0 Å². The van der Waals surface area contributed by atoms with Crippen LogP contribution in [0.1, 0.15) is 80.1 Å². The van der Waals surface area contributed by atoms with E-state index in [4.69, 9.17) is 9.57 Å². The standard InChI is InChI=1S/C33H42N4O5/c1-4-10-26-27-11-6-7-12-28(27)37(29(26)21-36-23(3)33(40)35(18-5-2)22-30(36)38)20-24-14-16-25(17-15-24)32(39)34-42-31-13-8-9-19-41-31/h6-7,11-12,14-17,23,31H,4-5,8-10,13,18-22H2,1-3H3,(H,34,39). The van der Waals surface area contributed by atoms with Crippen molar-refractivity contribution in [2.24, 2.45) is 0 Å². The Kier molecular flexibility index (Phi) is 9.59. The molecule has 2 atom stereocenters. The number of carbonyl (C=O) groups excluding carboxylic acids is 3. The van der Waals surface area contributed by atoms with Crippen molar-refractivity contribution in [3.8, 4) is 0 Å². The summed E-state index contributed by atoms with van der Waals surface area (Å²) in [6.45, 7) is 8.32. The third-order valence-electron chi connectivity index (χ3n) is 8.27. The average molecular weight is 575 g/mol. The molecular formula is C33H42N4O5. The lowest BCUT2D eigenvalue weighted by molar-refractivity contribution is -0.186. The Bertz CT molecular complexity index is 1410. The van der Waals surface area contributed by atoms with Crippen molar-refractivity contribution in [3.05, 3.63) is 70.9 Å². The number of aryl methyl sites for hydroxylation is 1. The van der Waals surface area contributed by atoms with Gasteiger partial charge in [-0.2, -0.15) is 0 Å². The zero-order valence-corrected chi connectivity index (χ0v) is 24.9. The van der Waals surface area contributed by atoms with Crippen LogP contribution in [0, 0.1) is 0 Å². The number of piperazine rings is 1. The molecule has 0 spiro atoms. The van der Waals surface area contributed by atoms with Crippen LogP contribution < -0.4 is 5.48 Å². The van der Waals surface area contributed by atoms with Crippen molar-refractivity contribution in [1.29, 1.82) is 0 Å². The lowest BCUT2D eigenvalue weighted by Gasteiger charge is -2.39. The third-order valence-corrected chi connectivity index (χ3v) is 8.27. The molecule has 0 saturated carbocycles. The summed E-state index contributed by atoms with van der Waals surface area (Å²) >= 11 is 0. The first-order chi connectivity index (χ1) is 20.4. The quantitative estimate of drug-likeness (QED) is 0.332. The number of nitrogens with zero attached hydrogens (tertiary/aromatic N) is 3. The average Bonchev–Trinajstić information content (AvgIpc) is 3.29. The molecule has 0 aliphatic carbocycles. The second kappa shape index (κ2) is 13.5. The molecule has 42 heavy (non-hydrogen) atoms. The molecule has 0 bridgehead atoms. The summed E-state index contributed by atoms with van der Waals surface area (Å²) in [5, 5.41) is 1.17. The second-order valence-corrected chi connectivity index (χ2v) is 11.3. The lowest BCUT2D eigenvalue weighted by Crippen LogP contribution is -2.58. The van der Waals surface area contributed by atoms with Crippen molar-refractivity contribution >= 4 is 28.6 Å². The largest absolute Gasteiger partial charge is 0.350 e. The van der Waals surface area contributed by atoms with E-state index >= 15 is 0 Å². The summed E-state index contributed by atoms with van der Waals surface area (Å²) in [5.41, 5.74) is 7.41. The normalized spacial score (nSPS) is 19.5. The number of amides is 3. The van der Waals surface area contributed by atoms with Crippen LogP contribution in [0.2, 0.25) is 0 Å². The highest BCUT2D eigenvalue weighted by atomic mass is 16.8. The van der Waals surface area contributed by atoms with Crippen LogP contribution >= 0.6 is 0 Å². The SMILES string of the molecule is CCCc1c(CN2C(=O)CN(CCC)C(=O)C2C)n(Cc2ccc(C(=O)NOC3CCCCO3)cc2)c2ccccc12. The lowest BCUT2D eigenvalue weighted by atomic mass is 10.0. The molecule has 2 aliphatic heterocycles. The number of hydrogen-bond acceptors (Lipinski definition) is 5. The Hall–Kier alpha value is -3.69. The molecule has 1 aromatic heterocycles. The van der Waals surface area contributed by atoms with Gasteiger partial charge in [0.05, 0.1) is 13.1 Å². The number of ether oxygens (including phenoxy) is 1. The van der Waals surface area contributed by atoms with Gasteiger partial charge in [0.15, 0.2) is 6.29 Å². The molecule has 2 aliphatic rings. The Balaban J connectivity index is 1.39. The van der Waals surface area contributed by atoms with E-state index in [1.165, 1.54) is 10.9 Å². The van der Waals surface area contributed by atoms with Crippen LogP contribution in [0.3, 0.4) is 0 Å². The maximum Gasteiger partial charge on any atom is 0.274 e. The van der Waals surface area contributed by atoms with Crippen molar-refractivity contribution in [2.45, 2.75) is 84.7 Å². The summed E-state index contributed by atoms with van der Waals surface area (Å²) in [6.07, 6.45) is 5.05. The number of fused-ring (bicyclic) bond motifs is 1. The number of rotatable bonds is 11. The van der Waals surface area contributed by atoms with Gasteiger partial charge in [0, 0.05) is 48.3 Å². The molecule has 0 radical (unpaired) electrons. The van der Waals surface area contributed by atoms with Gasteiger partial charge in [-0.1, -0.05) is 50.6 Å². The van der Waals surface area contributed by atoms with E-state index in [9.17, 15) is 14.4 Å². The van der Waals surface area contributed by atoms with E-state index in [0.717, 1.165) is 55.3 Å². The van der Waals surface area contributed by atoms with Crippen LogP contribution in [0.4, 0.5) is 0 Å². The minimum absolute atomic E-state index is 0.00375. The summed E-state index contributed by atoms with van der Waals surface area (Å²) in [6, 6.07) is 15.3. The zero-order valence-electron chi connectivity index (χ0n) is 24.9. The van der Waals surface area contributed by atoms with Crippen LogP contribution in [0.15, 0.2) is 48.5 Å². The number of nitrogens with one attached hydrogen (secondary N) is 1. The molecule has 2 saturated heterocycles. The van der Waals surface area contributed by atoms with Gasteiger partial charge in [0.2, 0.25) is 11.8 Å². The Morgan fingerprint density at radius 2 is 1.81 bits per heavy atom. The molecule has 224 valence electrons. The molecule has 1 N–H and O–H groups in total. The maximum atomic E-state index is 13.3. The Morgan fingerprint density at radius 3 is 2.52 bits per heavy atom. The van der Waals surface area contributed by atoms with E-state index in [-0.39, 0.29) is 24.3 Å². The van der Waals surface area contributed by atoms with Gasteiger partial charge in [0.25, 0.3) is 5.91 Å². The first-order valence-electron chi connectivity index (χ1n) is 15.2. The molecular weight excluding hydrogens is 532 g/mol. The second-order valence-electron chi connectivity index (χ2n) is 11.3. The van der Waals surface area contributed by atoms with Crippen LogP contribution in [-0.4, -0.2) is 64.1 Å². The number of benzene rings is 2. The highest BCUT2D eigenvalue weighted by Gasteiger charge is 2.37. The van der Waals surface area contributed by atoms with Crippen LogP contribution in [-0.2, 0) is 38.7 Å². The van der Waals surface area contributed by atoms with Crippen molar-refractivity contribution < 1.29 is 24.0 Å².